The quantitative estimate of drug-likeness (QED) is 0.739. The zero-order valence-electron chi connectivity index (χ0n) is 15.5. The second kappa shape index (κ2) is 6.34. The number of hydrogen-bond acceptors (Lipinski definition) is 4. The van der Waals surface area contributed by atoms with Gasteiger partial charge in [-0.1, -0.05) is 6.92 Å². The molecule has 23 heavy (non-hydrogen) atoms. The standard InChI is InChI=1S/C19H30N2O2/c1-8-15(16-13-20(9-11-22-16)18(2,3)4)17-14-21(10-12-23-17)19(5,6)7/h9-15H,8H2,1-7H3. The fraction of sp³-hybridized carbons (Fsp3) is 0.579. The minimum absolute atomic E-state index is 0.0168. The van der Waals surface area contributed by atoms with Crippen molar-refractivity contribution >= 4 is 0 Å². The van der Waals surface area contributed by atoms with Crippen molar-refractivity contribution in [2.24, 2.45) is 5.92 Å². The Kier molecular flexibility index (Phi) is 4.83. The van der Waals surface area contributed by atoms with Gasteiger partial charge in [-0.15, -0.1) is 0 Å². The Morgan fingerprint density at radius 1 is 0.826 bits per heavy atom. The molecule has 4 heteroatoms. The lowest BCUT2D eigenvalue weighted by Crippen LogP contribution is -2.36. The summed E-state index contributed by atoms with van der Waals surface area (Å²) in [6, 6.07) is 0. The van der Waals surface area contributed by atoms with Crippen LogP contribution in [0.25, 0.3) is 0 Å². The third-order valence-corrected chi connectivity index (χ3v) is 4.03. The maximum atomic E-state index is 5.81. The molecule has 0 aromatic carbocycles. The van der Waals surface area contributed by atoms with Crippen molar-refractivity contribution in [2.75, 3.05) is 0 Å². The molecule has 0 bridgehead atoms. The first-order chi connectivity index (χ1) is 10.6. The molecule has 0 unspecified atom stereocenters. The zero-order valence-corrected chi connectivity index (χ0v) is 15.5. The van der Waals surface area contributed by atoms with Crippen LogP contribution in [0.3, 0.4) is 0 Å². The van der Waals surface area contributed by atoms with Gasteiger partial charge in [-0.3, -0.25) is 0 Å². The zero-order chi connectivity index (χ0) is 17.3. The van der Waals surface area contributed by atoms with Gasteiger partial charge in [0.2, 0.25) is 0 Å². The number of rotatable bonds is 3. The molecule has 2 aliphatic rings. The summed E-state index contributed by atoms with van der Waals surface area (Å²) in [4.78, 5) is 4.35. The normalized spacial score (nSPS) is 18.6. The Morgan fingerprint density at radius 2 is 1.22 bits per heavy atom. The Labute approximate surface area is 140 Å². The first-order valence-corrected chi connectivity index (χ1v) is 8.30. The van der Waals surface area contributed by atoms with Crippen molar-refractivity contribution in [3.05, 3.63) is 48.8 Å². The molecule has 0 saturated heterocycles. The molecule has 0 radical (unpaired) electrons. The van der Waals surface area contributed by atoms with Gasteiger partial charge in [-0.2, -0.15) is 0 Å². The largest absolute Gasteiger partial charge is 0.466 e. The molecule has 2 aliphatic heterocycles. The van der Waals surface area contributed by atoms with Crippen molar-refractivity contribution in [3.8, 4) is 0 Å². The maximum absolute atomic E-state index is 5.81. The van der Waals surface area contributed by atoms with Gasteiger partial charge in [-0.25, -0.2) is 0 Å². The second-order valence-electron chi connectivity index (χ2n) is 7.99. The van der Waals surface area contributed by atoms with E-state index in [2.05, 4.69) is 70.7 Å². The van der Waals surface area contributed by atoms with Crippen LogP contribution in [0, 0.1) is 5.92 Å². The fourth-order valence-corrected chi connectivity index (χ4v) is 2.49. The summed E-state index contributed by atoms with van der Waals surface area (Å²) < 4.78 is 11.6. The van der Waals surface area contributed by atoms with Crippen LogP contribution >= 0.6 is 0 Å². The Bertz CT molecular complexity index is 497. The van der Waals surface area contributed by atoms with E-state index >= 15 is 0 Å². The lowest BCUT2D eigenvalue weighted by molar-refractivity contribution is 0.170. The van der Waals surface area contributed by atoms with Crippen LogP contribution in [0.1, 0.15) is 54.9 Å². The molecule has 0 aromatic heterocycles. The summed E-state index contributed by atoms with van der Waals surface area (Å²) >= 11 is 0. The van der Waals surface area contributed by atoms with E-state index in [0.717, 1.165) is 17.9 Å². The minimum Gasteiger partial charge on any atom is -0.466 e. The molecule has 0 atom stereocenters. The summed E-state index contributed by atoms with van der Waals surface area (Å²) in [6.07, 6.45) is 12.5. The molecule has 0 N–H and O–H groups in total. The molecule has 0 aliphatic carbocycles. The highest BCUT2D eigenvalue weighted by atomic mass is 16.5. The first kappa shape index (κ1) is 17.5. The molecule has 0 spiro atoms. The summed E-state index contributed by atoms with van der Waals surface area (Å²) in [5.74, 6) is 1.93. The molecule has 128 valence electrons. The van der Waals surface area contributed by atoms with Gasteiger partial charge in [0.05, 0.1) is 5.92 Å². The number of nitrogens with zero attached hydrogens (tertiary/aromatic N) is 2. The van der Waals surface area contributed by atoms with Gasteiger partial charge in [0, 0.05) is 35.9 Å². The molecule has 0 saturated carbocycles. The molecular formula is C19H30N2O2. The van der Waals surface area contributed by atoms with Crippen LogP contribution in [-0.4, -0.2) is 20.9 Å². The van der Waals surface area contributed by atoms with E-state index in [1.54, 1.807) is 12.5 Å². The van der Waals surface area contributed by atoms with Crippen LogP contribution in [0.4, 0.5) is 0 Å². The first-order valence-electron chi connectivity index (χ1n) is 8.30. The van der Waals surface area contributed by atoms with E-state index in [9.17, 15) is 0 Å². The van der Waals surface area contributed by atoms with Gasteiger partial charge >= 0.3 is 0 Å². The predicted octanol–water partition coefficient (Wildman–Crippen LogP) is 4.90. The summed E-state index contributed by atoms with van der Waals surface area (Å²) in [6.45, 7) is 15.2. The Hall–Kier alpha value is -1.84. The molecule has 0 aromatic rings. The fourth-order valence-electron chi connectivity index (χ4n) is 2.49. The highest BCUT2D eigenvalue weighted by Gasteiger charge is 2.29. The van der Waals surface area contributed by atoms with Crippen LogP contribution in [-0.2, 0) is 9.47 Å². The van der Waals surface area contributed by atoms with Crippen molar-refractivity contribution in [1.29, 1.82) is 0 Å². The maximum Gasteiger partial charge on any atom is 0.130 e. The Morgan fingerprint density at radius 3 is 1.52 bits per heavy atom. The molecule has 2 heterocycles. The van der Waals surface area contributed by atoms with Crippen LogP contribution in [0.2, 0.25) is 0 Å². The van der Waals surface area contributed by atoms with Crippen molar-refractivity contribution in [1.82, 2.24) is 9.80 Å². The number of ether oxygens (including phenoxy) is 2. The highest BCUT2D eigenvalue weighted by molar-refractivity contribution is 5.20. The summed E-state index contributed by atoms with van der Waals surface area (Å²) in [5.41, 5.74) is 0.0337. The highest BCUT2D eigenvalue weighted by Crippen LogP contribution is 2.33. The summed E-state index contributed by atoms with van der Waals surface area (Å²) in [5, 5.41) is 0. The topological polar surface area (TPSA) is 24.9 Å². The van der Waals surface area contributed by atoms with E-state index in [0.29, 0.717) is 0 Å². The average molecular weight is 318 g/mol. The third kappa shape index (κ3) is 4.12. The van der Waals surface area contributed by atoms with E-state index in [1.807, 2.05) is 12.4 Å². The molecule has 2 rings (SSSR count). The third-order valence-electron chi connectivity index (χ3n) is 4.03. The molecular weight excluding hydrogens is 288 g/mol. The van der Waals surface area contributed by atoms with E-state index in [4.69, 9.17) is 9.47 Å². The Balaban J connectivity index is 2.26. The lowest BCUT2D eigenvalue weighted by atomic mass is 9.99. The monoisotopic (exact) mass is 318 g/mol. The lowest BCUT2D eigenvalue weighted by Gasteiger charge is -2.37. The molecule has 4 nitrogen and oxygen atoms in total. The summed E-state index contributed by atoms with van der Waals surface area (Å²) in [7, 11) is 0. The number of hydrogen-bond donors (Lipinski definition) is 0. The van der Waals surface area contributed by atoms with Crippen molar-refractivity contribution in [3.63, 3.8) is 0 Å². The predicted molar refractivity (Wildman–Crippen MR) is 93.6 cm³/mol. The smallest absolute Gasteiger partial charge is 0.130 e. The van der Waals surface area contributed by atoms with E-state index in [1.165, 1.54) is 0 Å². The molecule has 0 fully saturated rings. The molecule has 0 amide bonds. The van der Waals surface area contributed by atoms with Gasteiger partial charge in [0.25, 0.3) is 0 Å². The van der Waals surface area contributed by atoms with Gasteiger partial charge in [-0.05, 0) is 48.0 Å². The van der Waals surface area contributed by atoms with E-state index in [-0.39, 0.29) is 17.0 Å². The van der Waals surface area contributed by atoms with E-state index < -0.39 is 0 Å². The minimum atomic E-state index is 0.0168. The van der Waals surface area contributed by atoms with Crippen molar-refractivity contribution in [2.45, 2.75) is 66.0 Å². The van der Waals surface area contributed by atoms with Gasteiger partial charge < -0.3 is 19.3 Å². The van der Waals surface area contributed by atoms with Gasteiger partial charge in [0.15, 0.2) is 0 Å². The van der Waals surface area contributed by atoms with Crippen LogP contribution in [0.5, 0.6) is 0 Å². The van der Waals surface area contributed by atoms with Crippen LogP contribution in [0.15, 0.2) is 48.8 Å². The van der Waals surface area contributed by atoms with Gasteiger partial charge in [0.1, 0.15) is 24.0 Å². The van der Waals surface area contributed by atoms with Crippen molar-refractivity contribution < 1.29 is 9.47 Å². The second-order valence-corrected chi connectivity index (χ2v) is 7.99. The average Bonchev–Trinajstić information content (AvgIpc) is 2.47. The SMILES string of the molecule is CCC(C1=CN(C(C)(C)C)C=CO1)C1=CN(C(C)(C)C)C=CO1. The van der Waals surface area contributed by atoms with Crippen LogP contribution < -0.4 is 0 Å².